The van der Waals surface area contributed by atoms with E-state index >= 15 is 0 Å². The van der Waals surface area contributed by atoms with Crippen molar-refractivity contribution in [1.82, 2.24) is 9.55 Å². The normalized spacial score (nSPS) is 10.7. The molecule has 19 heavy (non-hydrogen) atoms. The first-order valence-electron chi connectivity index (χ1n) is 6.47. The van der Waals surface area contributed by atoms with Crippen molar-refractivity contribution in [2.24, 2.45) is 0 Å². The minimum atomic E-state index is -0.0670. The second-order valence-electron chi connectivity index (χ2n) is 4.80. The first-order chi connectivity index (χ1) is 9.04. The standard InChI is InChI=1S/C15H19N3O/c1-4-6-18-7-5-17-15(18)14(19)12-9-13(16)11(3)8-10(12)2/h5,7-9H,4,6,16H2,1-3H3. The Morgan fingerprint density at radius 2 is 2.05 bits per heavy atom. The van der Waals surface area contributed by atoms with Gasteiger partial charge in [0.1, 0.15) is 0 Å². The van der Waals surface area contributed by atoms with Crippen molar-refractivity contribution in [1.29, 1.82) is 0 Å². The van der Waals surface area contributed by atoms with Crippen molar-refractivity contribution >= 4 is 11.5 Å². The Kier molecular flexibility index (Phi) is 3.69. The van der Waals surface area contributed by atoms with Crippen molar-refractivity contribution in [3.05, 3.63) is 47.0 Å². The highest BCUT2D eigenvalue weighted by Crippen LogP contribution is 2.20. The SMILES string of the molecule is CCCn1ccnc1C(=O)c1cc(N)c(C)cc1C. The van der Waals surface area contributed by atoms with Crippen LogP contribution in [0.4, 0.5) is 5.69 Å². The molecule has 100 valence electrons. The van der Waals surface area contributed by atoms with Crippen molar-refractivity contribution in [2.75, 3.05) is 5.73 Å². The molecule has 0 amide bonds. The van der Waals surface area contributed by atoms with Crippen LogP contribution in [0.15, 0.2) is 24.5 Å². The lowest BCUT2D eigenvalue weighted by Crippen LogP contribution is -2.13. The number of aromatic nitrogens is 2. The second kappa shape index (κ2) is 5.26. The van der Waals surface area contributed by atoms with E-state index < -0.39 is 0 Å². The van der Waals surface area contributed by atoms with E-state index in [-0.39, 0.29) is 5.78 Å². The minimum Gasteiger partial charge on any atom is -0.398 e. The topological polar surface area (TPSA) is 60.9 Å². The highest BCUT2D eigenvalue weighted by Gasteiger charge is 2.17. The fraction of sp³-hybridized carbons (Fsp3) is 0.333. The molecule has 0 unspecified atom stereocenters. The quantitative estimate of drug-likeness (QED) is 0.676. The summed E-state index contributed by atoms with van der Waals surface area (Å²) in [7, 11) is 0. The fourth-order valence-corrected chi connectivity index (χ4v) is 2.17. The molecule has 4 nitrogen and oxygen atoms in total. The third kappa shape index (κ3) is 2.52. The van der Waals surface area contributed by atoms with Gasteiger partial charge in [0, 0.05) is 30.2 Å². The van der Waals surface area contributed by atoms with Crippen LogP contribution in [0.3, 0.4) is 0 Å². The van der Waals surface area contributed by atoms with Gasteiger partial charge in [-0.2, -0.15) is 0 Å². The van der Waals surface area contributed by atoms with E-state index in [2.05, 4.69) is 11.9 Å². The van der Waals surface area contributed by atoms with Gasteiger partial charge in [-0.25, -0.2) is 4.98 Å². The Bertz CT molecular complexity index is 614. The van der Waals surface area contributed by atoms with E-state index in [1.54, 1.807) is 12.3 Å². The summed E-state index contributed by atoms with van der Waals surface area (Å²) in [4.78, 5) is 16.7. The van der Waals surface area contributed by atoms with Crippen LogP contribution in [0.25, 0.3) is 0 Å². The fourth-order valence-electron chi connectivity index (χ4n) is 2.17. The molecular formula is C15H19N3O. The Morgan fingerprint density at radius 3 is 2.74 bits per heavy atom. The average molecular weight is 257 g/mol. The van der Waals surface area contributed by atoms with Crippen LogP contribution >= 0.6 is 0 Å². The third-order valence-corrected chi connectivity index (χ3v) is 3.24. The van der Waals surface area contributed by atoms with E-state index in [9.17, 15) is 4.79 Å². The zero-order valence-corrected chi connectivity index (χ0v) is 11.6. The molecule has 0 radical (unpaired) electrons. The molecule has 0 bridgehead atoms. The molecule has 1 heterocycles. The molecule has 0 saturated carbocycles. The number of imidazole rings is 1. The molecule has 0 spiro atoms. The number of aryl methyl sites for hydroxylation is 3. The molecule has 2 rings (SSSR count). The van der Waals surface area contributed by atoms with Crippen LogP contribution in [0.5, 0.6) is 0 Å². The smallest absolute Gasteiger partial charge is 0.228 e. The van der Waals surface area contributed by atoms with Gasteiger partial charge >= 0.3 is 0 Å². The summed E-state index contributed by atoms with van der Waals surface area (Å²) in [6.45, 7) is 6.73. The monoisotopic (exact) mass is 257 g/mol. The third-order valence-electron chi connectivity index (χ3n) is 3.24. The molecule has 0 aliphatic heterocycles. The number of nitrogens with zero attached hydrogens (tertiary/aromatic N) is 2. The summed E-state index contributed by atoms with van der Waals surface area (Å²) in [6, 6.07) is 3.69. The zero-order valence-electron chi connectivity index (χ0n) is 11.6. The van der Waals surface area contributed by atoms with Crippen molar-refractivity contribution in [2.45, 2.75) is 33.7 Å². The molecule has 4 heteroatoms. The summed E-state index contributed by atoms with van der Waals surface area (Å²) in [5.74, 6) is 0.413. The van der Waals surface area contributed by atoms with Gasteiger partial charge in [0.15, 0.2) is 5.82 Å². The number of nitrogens with two attached hydrogens (primary N) is 1. The van der Waals surface area contributed by atoms with E-state index in [0.29, 0.717) is 17.1 Å². The lowest BCUT2D eigenvalue weighted by molar-refractivity contribution is 0.102. The molecule has 0 aliphatic carbocycles. The van der Waals surface area contributed by atoms with Crippen LogP contribution in [0.2, 0.25) is 0 Å². The van der Waals surface area contributed by atoms with Crippen molar-refractivity contribution in [3.8, 4) is 0 Å². The maximum Gasteiger partial charge on any atom is 0.228 e. The molecular weight excluding hydrogens is 238 g/mol. The number of carbonyl (C=O) groups excluding carboxylic acids is 1. The number of rotatable bonds is 4. The first kappa shape index (κ1) is 13.3. The van der Waals surface area contributed by atoms with Crippen LogP contribution in [0.1, 0.15) is 40.7 Å². The molecule has 2 N–H and O–H groups in total. The highest BCUT2D eigenvalue weighted by atomic mass is 16.1. The maximum atomic E-state index is 12.5. The summed E-state index contributed by atoms with van der Waals surface area (Å²) >= 11 is 0. The summed E-state index contributed by atoms with van der Waals surface area (Å²) in [6.07, 6.45) is 4.46. The molecule has 0 saturated heterocycles. The van der Waals surface area contributed by atoms with Gasteiger partial charge in [0.2, 0.25) is 5.78 Å². The van der Waals surface area contributed by atoms with E-state index in [1.165, 1.54) is 0 Å². The van der Waals surface area contributed by atoms with Gasteiger partial charge < -0.3 is 10.3 Å². The average Bonchev–Trinajstić information content (AvgIpc) is 2.82. The molecule has 1 aromatic heterocycles. The molecule has 0 aliphatic rings. The minimum absolute atomic E-state index is 0.0670. The molecule has 0 fully saturated rings. The Morgan fingerprint density at radius 1 is 1.32 bits per heavy atom. The molecule has 1 aromatic carbocycles. The predicted molar refractivity (Wildman–Crippen MR) is 76.3 cm³/mol. The van der Waals surface area contributed by atoms with Crippen LogP contribution < -0.4 is 5.73 Å². The van der Waals surface area contributed by atoms with Gasteiger partial charge in [-0.3, -0.25) is 4.79 Å². The number of ketones is 1. The lowest BCUT2D eigenvalue weighted by Gasteiger charge is -2.10. The van der Waals surface area contributed by atoms with Crippen molar-refractivity contribution < 1.29 is 4.79 Å². The first-order valence-corrected chi connectivity index (χ1v) is 6.47. The highest BCUT2D eigenvalue weighted by molar-refractivity contribution is 6.08. The largest absolute Gasteiger partial charge is 0.398 e. The number of benzene rings is 1. The van der Waals surface area contributed by atoms with E-state index in [4.69, 9.17) is 5.73 Å². The summed E-state index contributed by atoms with van der Waals surface area (Å²) in [5.41, 5.74) is 9.10. The molecule has 2 aromatic rings. The Labute approximate surface area is 113 Å². The lowest BCUT2D eigenvalue weighted by atomic mass is 10.00. The summed E-state index contributed by atoms with van der Waals surface area (Å²) in [5, 5.41) is 0. The van der Waals surface area contributed by atoms with E-state index in [0.717, 1.165) is 24.1 Å². The Balaban J connectivity index is 2.44. The maximum absolute atomic E-state index is 12.5. The number of hydrogen-bond acceptors (Lipinski definition) is 3. The Hall–Kier alpha value is -2.10. The summed E-state index contributed by atoms with van der Waals surface area (Å²) < 4.78 is 1.89. The van der Waals surface area contributed by atoms with Crippen LogP contribution in [-0.4, -0.2) is 15.3 Å². The van der Waals surface area contributed by atoms with Crippen LogP contribution in [0, 0.1) is 13.8 Å². The number of carbonyl (C=O) groups is 1. The second-order valence-corrected chi connectivity index (χ2v) is 4.80. The van der Waals surface area contributed by atoms with Gasteiger partial charge in [0.05, 0.1) is 0 Å². The van der Waals surface area contributed by atoms with Gasteiger partial charge in [0.25, 0.3) is 0 Å². The van der Waals surface area contributed by atoms with Crippen molar-refractivity contribution in [3.63, 3.8) is 0 Å². The zero-order chi connectivity index (χ0) is 14.0. The van der Waals surface area contributed by atoms with E-state index in [1.807, 2.05) is 30.7 Å². The number of hydrogen-bond donors (Lipinski definition) is 1. The molecule has 0 atom stereocenters. The number of anilines is 1. The van der Waals surface area contributed by atoms with Gasteiger partial charge in [-0.15, -0.1) is 0 Å². The van der Waals surface area contributed by atoms with Gasteiger partial charge in [-0.05, 0) is 37.5 Å². The predicted octanol–water partition coefficient (Wildman–Crippen LogP) is 2.72. The number of nitrogen functional groups attached to an aromatic ring is 1. The van der Waals surface area contributed by atoms with Gasteiger partial charge in [-0.1, -0.05) is 13.0 Å². The van der Waals surface area contributed by atoms with Crippen LogP contribution in [-0.2, 0) is 6.54 Å².